The van der Waals surface area contributed by atoms with E-state index in [0.29, 0.717) is 11.3 Å². The molecule has 0 aliphatic rings. The maximum atomic E-state index is 11.4. The lowest BCUT2D eigenvalue weighted by atomic mass is 10.1. The van der Waals surface area contributed by atoms with E-state index in [0.717, 1.165) is 10.9 Å². The van der Waals surface area contributed by atoms with Gasteiger partial charge in [0.2, 0.25) is 0 Å². The summed E-state index contributed by atoms with van der Waals surface area (Å²) >= 11 is 0. The Balaban J connectivity index is 0.000000771. The first-order valence-electron chi connectivity index (χ1n) is 5.92. The zero-order valence-corrected chi connectivity index (χ0v) is 10.8. The molecule has 4 heteroatoms. The Bertz CT molecular complexity index is 569. The molecule has 4 nitrogen and oxygen atoms in total. The van der Waals surface area contributed by atoms with Gasteiger partial charge in [-0.05, 0) is 11.6 Å². The quantitative estimate of drug-likeness (QED) is 0.819. The Kier molecular flexibility index (Phi) is 4.66. The van der Waals surface area contributed by atoms with Crippen molar-refractivity contribution in [2.75, 3.05) is 0 Å². The van der Waals surface area contributed by atoms with Crippen LogP contribution in [0.2, 0.25) is 0 Å². The van der Waals surface area contributed by atoms with E-state index >= 15 is 0 Å². The summed E-state index contributed by atoms with van der Waals surface area (Å²) in [7, 11) is 0. The molecule has 2 aromatic rings. The van der Waals surface area contributed by atoms with Crippen molar-refractivity contribution in [1.82, 2.24) is 4.98 Å². The molecule has 0 saturated heterocycles. The summed E-state index contributed by atoms with van der Waals surface area (Å²) < 4.78 is 0. The SMILES string of the molecule is CC.CC(=O)c1[nH]c2ccccc2c1CC(=O)O. The molecule has 0 fully saturated rings. The fourth-order valence-electron chi connectivity index (χ4n) is 1.84. The van der Waals surface area contributed by atoms with Gasteiger partial charge in [0.25, 0.3) is 0 Å². The van der Waals surface area contributed by atoms with Crippen LogP contribution in [0.4, 0.5) is 0 Å². The average Bonchev–Trinajstić information content (AvgIpc) is 2.71. The van der Waals surface area contributed by atoms with E-state index in [1.54, 1.807) is 0 Å². The van der Waals surface area contributed by atoms with Crippen LogP contribution in [-0.4, -0.2) is 21.8 Å². The molecule has 0 atom stereocenters. The first-order chi connectivity index (χ1) is 8.59. The van der Waals surface area contributed by atoms with E-state index in [1.165, 1.54) is 6.92 Å². The first-order valence-corrected chi connectivity index (χ1v) is 5.92. The van der Waals surface area contributed by atoms with Crippen LogP contribution >= 0.6 is 0 Å². The molecule has 0 saturated carbocycles. The highest BCUT2D eigenvalue weighted by atomic mass is 16.4. The molecule has 2 N–H and O–H groups in total. The predicted molar refractivity (Wildman–Crippen MR) is 71.0 cm³/mol. The Morgan fingerprint density at radius 1 is 1.22 bits per heavy atom. The lowest BCUT2D eigenvalue weighted by Gasteiger charge is -1.97. The van der Waals surface area contributed by atoms with E-state index < -0.39 is 5.97 Å². The Hall–Kier alpha value is -2.10. The standard InChI is InChI=1S/C12H11NO3.C2H6/c1-7(14)12-9(6-11(15)16)8-4-2-3-5-10(8)13-12;1-2/h2-5,13H,6H2,1H3,(H,15,16);1-2H3. The molecule has 96 valence electrons. The predicted octanol–water partition coefficient (Wildman–Crippen LogP) is 3.02. The van der Waals surface area contributed by atoms with E-state index in [2.05, 4.69) is 4.98 Å². The van der Waals surface area contributed by atoms with Crippen LogP contribution in [-0.2, 0) is 11.2 Å². The van der Waals surface area contributed by atoms with E-state index in [9.17, 15) is 9.59 Å². The Morgan fingerprint density at radius 3 is 2.39 bits per heavy atom. The van der Waals surface area contributed by atoms with Gasteiger partial charge in [0, 0.05) is 17.8 Å². The maximum absolute atomic E-state index is 11.4. The highest BCUT2D eigenvalue weighted by Crippen LogP contribution is 2.23. The number of fused-ring (bicyclic) bond motifs is 1. The topological polar surface area (TPSA) is 70.2 Å². The number of ketones is 1. The second kappa shape index (κ2) is 6.00. The van der Waals surface area contributed by atoms with Gasteiger partial charge in [-0.15, -0.1) is 0 Å². The summed E-state index contributed by atoms with van der Waals surface area (Å²) in [5.74, 6) is -1.08. The molecular weight excluding hydrogens is 230 g/mol. The normalized spacial score (nSPS) is 9.72. The Labute approximate surface area is 106 Å². The number of para-hydroxylation sites is 1. The fourth-order valence-corrected chi connectivity index (χ4v) is 1.84. The average molecular weight is 247 g/mol. The summed E-state index contributed by atoms with van der Waals surface area (Å²) in [5, 5.41) is 9.63. The van der Waals surface area contributed by atoms with Crippen LogP contribution in [0.3, 0.4) is 0 Å². The van der Waals surface area contributed by atoms with Crippen LogP contribution < -0.4 is 0 Å². The van der Waals surface area contributed by atoms with Gasteiger partial charge in [-0.1, -0.05) is 32.0 Å². The molecule has 1 aromatic heterocycles. The summed E-state index contributed by atoms with van der Waals surface area (Å²) in [6.07, 6.45) is -0.140. The van der Waals surface area contributed by atoms with Crippen molar-refractivity contribution in [1.29, 1.82) is 0 Å². The number of Topliss-reactive ketones (excluding diaryl/α,β-unsaturated/α-hetero) is 1. The van der Waals surface area contributed by atoms with Crippen molar-refractivity contribution in [2.45, 2.75) is 27.2 Å². The molecule has 1 aromatic carbocycles. The lowest BCUT2D eigenvalue weighted by molar-refractivity contribution is -0.136. The minimum atomic E-state index is -0.938. The molecule has 0 bridgehead atoms. The molecule has 0 aliphatic carbocycles. The number of carbonyl (C=O) groups is 2. The van der Waals surface area contributed by atoms with Crippen LogP contribution in [0.15, 0.2) is 24.3 Å². The number of aliphatic carboxylic acids is 1. The number of nitrogens with one attached hydrogen (secondary N) is 1. The molecule has 0 radical (unpaired) electrons. The molecule has 1 heterocycles. The number of aromatic amines is 1. The molecular formula is C14H17NO3. The third-order valence-electron chi connectivity index (χ3n) is 2.49. The summed E-state index contributed by atoms with van der Waals surface area (Å²) in [5.41, 5.74) is 1.75. The van der Waals surface area contributed by atoms with Gasteiger partial charge in [-0.2, -0.15) is 0 Å². The number of rotatable bonds is 3. The van der Waals surface area contributed by atoms with Gasteiger partial charge >= 0.3 is 5.97 Å². The molecule has 2 rings (SSSR count). The molecule has 0 aliphatic heterocycles. The van der Waals surface area contributed by atoms with Crippen molar-refractivity contribution >= 4 is 22.7 Å². The third-order valence-corrected chi connectivity index (χ3v) is 2.49. The number of aromatic nitrogens is 1. The van der Waals surface area contributed by atoms with Crippen molar-refractivity contribution in [3.63, 3.8) is 0 Å². The fraction of sp³-hybridized carbons (Fsp3) is 0.286. The van der Waals surface area contributed by atoms with Crippen LogP contribution in [0, 0.1) is 0 Å². The first kappa shape index (κ1) is 14.0. The van der Waals surface area contributed by atoms with Crippen LogP contribution in [0.25, 0.3) is 10.9 Å². The van der Waals surface area contributed by atoms with Gasteiger partial charge in [-0.25, -0.2) is 0 Å². The minimum absolute atomic E-state index is 0.140. The van der Waals surface area contributed by atoms with Crippen molar-refractivity contribution in [3.8, 4) is 0 Å². The van der Waals surface area contributed by atoms with Gasteiger partial charge < -0.3 is 10.1 Å². The van der Waals surface area contributed by atoms with Gasteiger partial charge in [0.05, 0.1) is 12.1 Å². The number of benzene rings is 1. The number of H-pyrrole nitrogens is 1. The largest absolute Gasteiger partial charge is 0.481 e. The summed E-state index contributed by atoms with van der Waals surface area (Å²) in [6, 6.07) is 7.31. The van der Waals surface area contributed by atoms with Crippen LogP contribution in [0.5, 0.6) is 0 Å². The zero-order valence-electron chi connectivity index (χ0n) is 10.8. The second-order valence-electron chi connectivity index (χ2n) is 3.65. The van der Waals surface area contributed by atoms with Gasteiger partial charge in [0.1, 0.15) is 0 Å². The van der Waals surface area contributed by atoms with Crippen molar-refractivity contribution in [2.24, 2.45) is 0 Å². The second-order valence-corrected chi connectivity index (χ2v) is 3.65. The van der Waals surface area contributed by atoms with Crippen molar-refractivity contribution < 1.29 is 14.7 Å². The summed E-state index contributed by atoms with van der Waals surface area (Å²) in [4.78, 5) is 25.1. The van der Waals surface area contributed by atoms with Crippen LogP contribution in [0.1, 0.15) is 36.8 Å². The highest BCUT2D eigenvalue weighted by Gasteiger charge is 2.16. The Morgan fingerprint density at radius 2 is 1.83 bits per heavy atom. The zero-order chi connectivity index (χ0) is 13.7. The number of carboxylic acid groups (broad SMARTS) is 1. The van der Waals surface area contributed by atoms with E-state index in [-0.39, 0.29) is 12.2 Å². The molecule has 0 unspecified atom stereocenters. The molecule has 0 spiro atoms. The smallest absolute Gasteiger partial charge is 0.307 e. The van der Waals surface area contributed by atoms with E-state index in [4.69, 9.17) is 5.11 Å². The highest BCUT2D eigenvalue weighted by molar-refractivity contribution is 6.02. The maximum Gasteiger partial charge on any atom is 0.307 e. The number of hydrogen-bond acceptors (Lipinski definition) is 2. The lowest BCUT2D eigenvalue weighted by Crippen LogP contribution is -2.05. The number of carbonyl (C=O) groups excluding carboxylic acids is 1. The van der Waals surface area contributed by atoms with Gasteiger partial charge in [-0.3, -0.25) is 9.59 Å². The monoisotopic (exact) mass is 247 g/mol. The number of carboxylic acids is 1. The number of hydrogen-bond donors (Lipinski definition) is 2. The summed E-state index contributed by atoms with van der Waals surface area (Å²) in [6.45, 7) is 5.43. The van der Waals surface area contributed by atoms with E-state index in [1.807, 2.05) is 38.1 Å². The third kappa shape index (κ3) is 2.77. The minimum Gasteiger partial charge on any atom is -0.481 e. The van der Waals surface area contributed by atoms with Crippen molar-refractivity contribution in [3.05, 3.63) is 35.5 Å². The molecule has 18 heavy (non-hydrogen) atoms. The van der Waals surface area contributed by atoms with Gasteiger partial charge in [0.15, 0.2) is 5.78 Å². The molecule has 0 amide bonds.